The van der Waals surface area contributed by atoms with E-state index in [1.54, 1.807) is 36.4 Å². The Hall–Kier alpha value is -1.65. The van der Waals surface area contributed by atoms with Gasteiger partial charge in [0.15, 0.2) is 5.38 Å². The van der Waals surface area contributed by atoms with Crippen LogP contribution in [0.25, 0.3) is 5.57 Å². The lowest BCUT2D eigenvalue weighted by Gasteiger charge is -2.17. The molecule has 0 aliphatic heterocycles. The molecular weight excluding hydrogens is 336 g/mol. The van der Waals surface area contributed by atoms with Crippen molar-refractivity contribution in [2.24, 2.45) is 0 Å². The van der Waals surface area contributed by atoms with E-state index in [1.807, 2.05) is 0 Å². The Morgan fingerprint density at radius 3 is 2.32 bits per heavy atom. The van der Waals surface area contributed by atoms with Gasteiger partial charge in [0.1, 0.15) is 5.75 Å². The van der Waals surface area contributed by atoms with Crippen molar-refractivity contribution in [3.05, 3.63) is 71.4 Å². The second kappa shape index (κ2) is 7.07. The quantitative estimate of drug-likeness (QED) is 0.492. The van der Waals surface area contributed by atoms with Crippen LogP contribution in [0.15, 0.2) is 60.9 Å². The van der Waals surface area contributed by atoms with E-state index < -0.39 is 11.6 Å². The molecule has 0 aromatic heterocycles. The zero-order valence-corrected chi connectivity index (χ0v) is 12.7. The molecule has 0 heterocycles. The highest BCUT2D eigenvalue weighted by molar-refractivity contribution is 6.30. The summed E-state index contributed by atoms with van der Waals surface area (Å²) in [4.78, 5) is 0. The lowest BCUT2D eigenvalue weighted by molar-refractivity contribution is -0.119. The minimum Gasteiger partial charge on any atom is -0.465 e. The van der Waals surface area contributed by atoms with Gasteiger partial charge in [-0.2, -0.15) is 13.2 Å². The molecule has 6 heteroatoms. The summed E-state index contributed by atoms with van der Waals surface area (Å²) >= 11 is 11.4. The van der Waals surface area contributed by atoms with Crippen LogP contribution in [0.1, 0.15) is 5.56 Å². The Morgan fingerprint density at radius 2 is 1.73 bits per heavy atom. The second-order valence-electron chi connectivity index (χ2n) is 4.42. The van der Waals surface area contributed by atoms with Crippen molar-refractivity contribution in [3.8, 4) is 5.75 Å². The van der Waals surface area contributed by atoms with Gasteiger partial charge in [0.2, 0.25) is 0 Å². The summed E-state index contributed by atoms with van der Waals surface area (Å²) in [6.07, 6.45) is -3.58. The van der Waals surface area contributed by atoms with Crippen LogP contribution in [0, 0.1) is 0 Å². The van der Waals surface area contributed by atoms with Crippen molar-refractivity contribution in [2.75, 3.05) is 0 Å². The average Bonchev–Trinajstić information content (AvgIpc) is 2.47. The van der Waals surface area contributed by atoms with Gasteiger partial charge in [-0.25, -0.2) is 0 Å². The first-order chi connectivity index (χ1) is 10.4. The summed E-state index contributed by atoms with van der Waals surface area (Å²) in [6.45, 7) is 0. The summed E-state index contributed by atoms with van der Waals surface area (Å²) in [7, 11) is 0. The Bertz CT molecular complexity index is 654. The first-order valence-electron chi connectivity index (χ1n) is 6.26. The number of hydrogen-bond acceptors (Lipinski definition) is 1. The lowest BCUT2D eigenvalue weighted by Crippen LogP contribution is -2.25. The fraction of sp³-hybridized carbons (Fsp3) is 0.125. The van der Waals surface area contributed by atoms with Crippen LogP contribution in [0.2, 0.25) is 5.02 Å². The van der Waals surface area contributed by atoms with E-state index in [0.29, 0.717) is 16.3 Å². The monoisotopic (exact) mass is 346 g/mol. The smallest absolute Gasteiger partial charge is 0.409 e. The highest BCUT2D eigenvalue weighted by atomic mass is 35.5. The minimum atomic E-state index is -4.58. The molecule has 0 saturated heterocycles. The van der Waals surface area contributed by atoms with E-state index in [9.17, 15) is 13.2 Å². The number of hydrogen-bond donors (Lipinski definition) is 0. The van der Waals surface area contributed by atoms with Gasteiger partial charge >= 0.3 is 6.18 Å². The molecule has 1 nitrogen and oxygen atoms in total. The molecule has 2 aromatic carbocycles. The highest BCUT2D eigenvalue weighted by Gasteiger charge is 2.41. The molecule has 0 bridgehead atoms. The predicted molar refractivity (Wildman–Crippen MR) is 82.2 cm³/mol. The van der Waals surface area contributed by atoms with Crippen molar-refractivity contribution >= 4 is 28.8 Å². The van der Waals surface area contributed by atoms with Gasteiger partial charge in [-0.15, -0.1) is 11.6 Å². The number of allylic oxidation sites excluding steroid dienone is 1. The molecule has 2 aromatic rings. The normalized spacial score (nSPS) is 13.8. The molecule has 0 fully saturated rings. The summed E-state index contributed by atoms with van der Waals surface area (Å²) in [5.41, 5.74) is 0.164. The Balaban J connectivity index is 2.34. The van der Waals surface area contributed by atoms with E-state index in [0.717, 1.165) is 6.26 Å². The predicted octanol–water partition coefficient (Wildman–Crippen LogP) is 5.93. The van der Waals surface area contributed by atoms with Crippen molar-refractivity contribution in [3.63, 3.8) is 0 Å². The molecule has 0 aliphatic rings. The molecule has 2 rings (SSSR count). The zero-order valence-electron chi connectivity index (χ0n) is 11.1. The van der Waals surface area contributed by atoms with Gasteiger partial charge < -0.3 is 4.74 Å². The lowest BCUT2D eigenvalue weighted by atomic mass is 10.0. The minimum absolute atomic E-state index is 0.172. The van der Waals surface area contributed by atoms with Crippen molar-refractivity contribution in [1.29, 1.82) is 0 Å². The van der Waals surface area contributed by atoms with E-state index in [1.165, 1.54) is 18.2 Å². The van der Waals surface area contributed by atoms with Crippen molar-refractivity contribution in [1.82, 2.24) is 0 Å². The van der Waals surface area contributed by atoms with Crippen LogP contribution >= 0.6 is 23.2 Å². The highest BCUT2D eigenvalue weighted by Crippen LogP contribution is 2.35. The largest absolute Gasteiger partial charge is 0.465 e. The SMILES string of the molecule is FC(F)(F)C(Cl)C(=COc1cccc(Cl)c1)c1ccccc1. The van der Waals surface area contributed by atoms with Gasteiger partial charge in [0, 0.05) is 10.6 Å². The first-order valence-corrected chi connectivity index (χ1v) is 7.08. The van der Waals surface area contributed by atoms with E-state index in [-0.39, 0.29) is 5.57 Å². The summed E-state index contributed by atoms with van der Waals surface area (Å²) < 4.78 is 44.1. The molecule has 1 atom stereocenters. The summed E-state index contributed by atoms with van der Waals surface area (Å²) in [5.74, 6) is 0.326. The Morgan fingerprint density at radius 1 is 1.05 bits per heavy atom. The van der Waals surface area contributed by atoms with Gasteiger partial charge in [-0.05, 0) is 23.8 Å². The fourth-order valence-electron chi connectivity index (χ4n) is 1.75. The Kier molecular flexibility index (Phi) is 5.37. The average molecular weight is 347 g/mol. The third kappa shape index (κ3) is 4.42. The molecule has 0 amide bonds. The molecule has 116 valence electrons. The van der Waals surface area contributed by atoms with Crippen LogP contribution in [0.4, 0.5) is 13.2 Å². The molecule has 0 N–H and O–H groups in total. The van der Waals surface area contributed by atoms with Gasteiger partial charge in [-0.3, -0.25) is 0 Å². The van der Waals surface area contributed by atoms with Crippen LogP contribution in [-0.2, 0) is 0 Å². The summed E-state index contributed by atoms with van der Waals surface area (Å²) in [5, 5.41) is -1.75. The molecule has 1 unspecified atom stereocenters. The number of rotatable bonds is 4. The number of benzene rings is 2. The van der Waals surface area contributed by atoms with Crippen LogP contribution in [0.3, 0.4) is 0 Å². The molecule has 0 radical (unpaired) electrons. The van der Waals surface area contributed by atoms with E-state index >= 15 is 0 Å². The summed E-state index contributed by atoms with van der Waals surface area (Å²) in [6, 6.07) is 14.4. The van der Waals surface area contributed by atoms with Crippen LogP contribution in [-0.4, -0.2) is 11.6 Å². The zero-order chi connectivity index (χ0) is 16.2. The van der Waals surface area contributed by atoms with Gasteiger partial charge in [0.05, 0.1) is 6.26 Å². The molecular formula is C16H11Cl2F3O. The molecule has 0 spiro atoms. The first kappa shape index (κ1) is 16.7. The number of ether oxygens (including phenoxy) is 1. The standard InChI is InChI=1S/C16H11Cl2F3O/c17-12-7-4-8-13(9-12)22-10-14(15(18)16(19,20)21)11-5-2-1-3-6-11/h1-10,15H. The molecule has 0 aliphatic carbocycles. The fourth-order valence-corrected chi connectivity index (χ4v) is 2.11. The third-order valence-corrected chi connectivity index (χ3v) is 3.50. The molecule has 0 saturated carbocycles. The van der Waals surface area contributed by atoms with E-state index in [2.05, 4.69) is 0 Å². The Labute approximate surface area is 135 Å². The maximum atomic E-state index is 12.9. The van der Waals surface area contributed by atoms with Crippen LogP contribution in [0.5, 0.6) is 5.75 Å². The van der Waals surface area contributed by atoms with Gasteiger partial charge in [-0.1, -0.05) is 48.0 Å². The second-order valence-corrected chi connectivity index (χ2v) is 5.29. The van der Waals surface area contributed by atoms with Crippen LogP contribution < -0.4 is 4.74 Å². The maximum Gasteiger partial charge on any atom is 0.409 e. The van der Waals surface area contributed by atoms with Crippen molar-refractivity contribution in [2.45, 2.75) is 11.6 Å². The number of alkyl halides is 4. The molecule has 22 heavy (non-hydrogen) atoms. The third-order valence-electron chi connectivity index (χ3n) is 2.79. The topological polar surface area (TPSA) is 9.23 Å². The number of halogens is 5. The van der Waals surface area contributed by atoms with E-state index in [4.69, 9.17) is 27.9 Å². The van der Waals surface area contributed by atoms with Crippen molar-refractivity contribution < 1.29 is 17.9 Å². The maximum absolute atomic E-state index is 12.9. The van der Waals surface area contributed by atoms with Gasteiger partial charge in [0.25, 0.3) is 0 Å².